The molecule has 6 heteroatoms. The van der Waals surface area contributed by atoms with Crippen molar-refractivity contribution >= 4 is 17.4 Å². The minimum absolute atomic E-state index is 0.274. The molecule has 5 nitrogen and oxygen atoms in total. The van der Waals surface area contributed by atoms with Gasteiger partial charge in [0, 0.05) is 11.1 Å². The second-order valence-electron chi connectivity index (χ2n) is 7.89. The molecular weight excluding hydrogens is 371 g/mol. The molecule has 0 bridgehead atoms. The van der Waals surface area contributed by atoms with E-state index in [9.17, 15) is 19.1 Å². The number of anilines is 1. The van der Waals surface area contributed by atoms with Gasteiger partial charge in [0.25, 0.3) is 5.91 Å². The number of carbonyl (C=O) groups excluding carboxylic acids is 2. The molecule has 29 heavy (non-hydrogen) atoms. The molecule has 1 atom stereocenters. The second kappa shape index (κ2) is 8.05. The highest BCUT2D eigenvalue weighted by Crippen LogP contribution is 2.43. The summed E-state index contributed by atoms with van der Waals surface area (Å²) in [5.74, 6) is -1.31. The van der Waals surface area contributed by atoms with Crippen LogP contribution < -0.4 is 4.90 Å². The van der Waals surface area contributed by atoms with Crippen LogP contribution in [-0.4, -0.2) is 41.5 Å². The normalized spacial score (nSPS) is 22.4. The van der Waals surface area contributed by atoms with Gasteiger partial charge in [-0.25, -0.2) is 4.39 Å². The van der Waals surface area contributed by atoms with Crippen LogP contribution in [-0.2, 0) is 10.4 Å². The Labute approximate surface area is 169 Å². The summed E-state index contributed by atoms with van der Waals surface area (Å²) in [6, 6.07) is 12.3. The zero-order valence-corrected chi connectivity index (χ0v) is 16.3. The Hall–Kier alpha value is -2.57. The number of likely N-dealkylation sites (tertiary alicyclic amines) is 1. The Balaban J connectivity index is 1.60. The first kappa shape index (κ1) is 19.7. The molecule has 4 rings (SSSR count). The number of hydrogen-bond acceptors (Lipinski definition) is 4. The minimum Gasteiger partial charge on any atom is -0.375 e. The van der Waals surface area contributed by atoms with Gasteiger partial charge in [0.1, 0.15) is 5.82 Å². The van der Waals surface area contributed by atoms with Crippen molar-refractivity contribution < 1.29 is 19.1 Å². The van der Waals surface area contributed by atoms with Crippen molar-refractivity contribution in [3.05, 3.63) is 65.5 Å². The fourth-order valence-electron chi connectivity index (χ4n) is 4.27. The summed E-state index contributed by atoms with van der Waals surface area (Å²) in [6.45, 7) is 2.24. The molecule has 2 aliphatic heterocycles. The summed E-state index contributed by atoms with van der Waals surface area (Å²) in [6.07, 6.45) is 4.20. The lowest BCUT2D eigenvalue weighted by molar-refractivity contribution is -0.136. The number of Topliss-reactive ketones (excluding diaryl/α,β-unsaturated/α-hetero) is 1. The van der Waals surface area contributed by atoms with Crippen LogP contribution in [0.3, 0.4) is 0 Å². The van der Waals surface area contributed by atoms with Crippen LogP contribution in [0.2, 0.25) is 0 Å². The van der Waals surface area contributed by atoms with Crippen LogP contribution in [0.5, 0.6) is 0 Å². The summed E-state index contributed by atoms with van der Waals surface area (Å²) >= 11 is 0. The van der Waals surface area contributed by atoms with Gasteiger partial charge in [0.2, 0.25) is 0 Å². The number of halogens is 1. The Morgan fingerprint density at radius 2 is 1.66 bits per heavy atom. The summed E-state index contributed by atoms with van der Waals surface area (Å²) < 4.78 is 13.2. The number of para-hydroxylation sites is 1. The van der Waals surface area contributed by atoms with E-state index in [0.717, 1.165) is 25.9 Å². The number of rotatable bonds is 5. The van der Waals surface area contributed by atoms with E-state index in [4.69, 9.17) is 0 Å². The fourth-order valence-corrected chi connectivity index (χ4v) is 4.27. The predicted molar refractivity (Wildman–Crippen MR) is 108 cm³/mol. The monoisotopic (exact) mass is 396 g/mol. The Morgan fingerprint density at radius 1 is 1.00 bits per heavy atom. The average molecular weight is 396 g/mol. The van der Waals surface area contributed by atoms with Crippen LogP contribution in [0.15, 0.2) is 48.5 Å². The Bertz CT molecular complexity index is 907. The van der Waals surface area contributed by atoms with E-state index in [1.165, 1.54) is 37.1 Å². The van der Waals surface area contributed by atoms with E-state index in [1.807, 2.05) is 12.1 Å². The van der Waals surface area contributed by atoms with Gasteiger partial charge in [0.05, 0.1) is 18.8 Å². The van der Waals surface area contributed by atoms with Gasteiger partial charge in [-0.2, -0.15) is 0 Å². The number of hydrogen-bond donors (Lipinski definition) is 1. The van der Waals surface area contributed by atoms with E-state index in [-0.39, 0.29) is 12.0 Å². The van der Waals surface area contributed by atoms with Gasteiger partial charge >= 0.3 is 0 Å². The molecule has 0 aliphatic carbocycles. The van der Waals surface area contributed by atoms with Gasteiger partial charge in [-0.3, -0.25) is 19.4 Å². The summed E-state index contributed by atoms with van der Waals surface area (Å²) in [5.41, 5.74) is -0.531. The number of aliphatic hydroxyl groups is 1. The third-order valence-corrected chi connectivity index (χ3v) is 5.86. The first-order valence-electron chi connectivity index (χ1n) is 10.1. The molecule has 2 heterocycles. The van der Waals surface area contributed by atoms with Crippen molar-refractivity contribution in [1.82, 2.24) is 4.90 Å². The van der Waals surface area contributed by atoms with Gasteiger partial charge in [-0.05, 0) is 56.3 Å². The number of carbonyl (C=O) groups is 2. The van der Waals surface area contributed by atoms with E-state index in [0.29, 0.717) is 17.9 Å². The predicted octanol–water partition coefficient (Wildman–Crippen LogP) is 3.47. The molecule has 152 valence electrons. The second-order valence-corrected chi connectivity index (χ2v) is 7.89. The zero-order chi connectivity index (χ0) is 20.4. The fraction of sp³-hybridized carbons (Fsp3) is 0.391. The Morgan fingerprint density at radius 3 is 2.34 bits per heavy atom. The standard InChI is InChI=1S/C23H25FN2O3/c24-18-11-9-17(10-12-18)21(27)15-23(29)19-7-3-4-8-20(19)26(22(23)28)16-25-13-5-1-2-6-14-25/h3-4,7-12,29H,1-2,5-6,13-16H2/t23-/m0/s1. The van der Waals surface area contributed by atoms with Crippen LogP contribution in [0.25, 0.3) is 0 Å². The Kier molecular flexibility index (Phi) is 5.48. The molecule has 0 saturated carbocycles. The number of ketones is 1. The van der Waals surface area contributed by atoms with Crippen molar-refractivity contribution in [3.8, 4) is 0 Å². The number of amides is 1. The van der Waals surface area contributed by atoms with Gasteiger partial charge < -0.3 is 5.11 Å². The molecule has 1 saturated heterocycles. The molecule has 1 N–H and O–H groups in total. The van der Waals surface area contributed by atoms with Crippen molar-refractivity contribution in [2.75, 3.05) is 24.7 Å². The molecular formula is C23H25FN2O3. The van der Waals surface area contributed by atoms with Crippen LogP contribution in [0.1, 0.15) is 48.0 Å². The SMILES string of the molecule is O=C(C[C@@]1(O)C(=O)N(CN2CCCCCC2)c2ccccc21)c1ccc(F)cc1. The number of nitrogens with zero attached hydrogens (tertiary/aromatic N) is 2. The minimum atomic E-state index is -1.91. The molecule has 2 aliphatic rings. The highest BCUT2D eigenvalue weighted by atomic mass is 19.1. The van der Waals surface area contributed by atoms with Crippen LogP contribution in [0, 0.1) is 5.82 Å². The maximum Gasteiger partial charge on any atom is 0.265 e. The number of fused-ring (bicyclic) bond motifs is 1. The zero-order valence-electron chi connectivity index (χ0n) is 16.3. The van der Waals surface area contributed by atoms with Gasteiger partial charge in [0.15, 0.2) is 11.4 Å². The van der Waals surface area contributed by atoms with Gasteiger partial charge in [-0.1, -0.05) is 31.0 Å². The maximum absolute atomic E-state index is 13.3. The van der Waals surface area contributed by atoms with Crippen molar-refractivity contribution in [3.63, 3.8) is 0 Å². The highest BCUT2D eigenvalue weighted by molar-refractivity contribution is 6.10. The van der Waals surface area contributed by atoms with Crippen LogP contribution >= 0.6 is 0 Å². The lowest BCUT2D eigenvalue weighted by atomic mass is 9.88. The van der Waals surface area contributed by atoms with Crippen molar-refractivity contribution in [1.29, 1.82) is 0 Å². The number of benzene rings is 2. The van der Waals surface area contributed by atoms with Gasteiger partial charge in [-0.15, -0.1) is 0 Å². The third-order valence-electron chi connectivity index (χ3n) is 5.86. The third kappa shape index (κ3) is 3.82. The largest absolute Gasteiger partial charge is 0.375 e. The van der Waals surface area contributed by atoms with Crippen molar-refractivity contribution in [2.45, 2.75) is 37.7 Å². The summed E-state index contributed by atoms with van der Waals surface area (Å²) in [5, 5.41) is 11.3. The molecule has 1 amide bonds. The molecule has 0 spiro atoms. The van der Waals surface area contributed by atoms with Crippen LogP contribution in [0.4, 0.5) is 10.1 Å². The summed E-state index contributed by atoms with van der Waals surface area (Å²) in [4.78, 5) is 29.9. The van der Waals surface area contributed by atoms with E-state index >= 15 is 0 Å². The first-order chi connectivity index (χ1) is 14.0. The van der Waals surface area contributed by atoms with E-state index in [1.54, 1.807) is 17.0 Å². The molecule has 0 aromatic heterocycles. The quantitative estimate of drug-likeness (QED) is 0.787. The highest BCUT2D eigenvalue weighted by Gasteiger charge is 2.51. The molecule has 0 radical (unpaired) electrons. The smallest absolute Gasteiger partial charge is 0.265 e. The molecule has 1 fully saturated rings. The maximum atomic E-state index is 13.3. The molecule has 0 unspecified atom stereocenters. The lowest BCUT2D eigenvalue weighted by Gasteiger charge is -2.28. The molecule has 2 aromatic carbocycles. The molecule has 2 aromatic rings. The van der Waals surface area contributed by atoms with E-state index in [2.05, 4.69) is 4.90 Å². The lowest BCUT2D eigenvalue weighted by Crippen LogP contribution is -2.46. The average Bonchev–Trinajstić information content (AvgIpc) is 2.91. The van der Waals surface area contributed by atoms with E-state index < -0.39 is 23.1 Å². The van der Waals surface area contributed by atoms with Crippen molar-refractivity contribution in [2.24, 2.45) is 0 Å². The topological polar surface area (TPSA) is 60.9 Å². The summed E-state index contributed by atoms with van der Waals surface area (Å²) in [7, 11) is 0. The first-order valence-corrected chi connectivity index (χ1v) is 10.1.